The third-order valence-corrected chi connectivity index (χ3v) is 10.1. The largest absolute Gasteiger partial charge is 0.352 e. The average Bonchev–Trinajstić information content (AvgIpc) is 3.70. The van der Waals surface area contributed by atoms with Crippen LogP contribution in [0.2, 0.25) is 0 Å². The number of amides is 1. The van der Waals surface area contributed by atoms with Crippen LogP contribution in [-0.2, 0) is 16.6 Å². The fourth-order valence-electron chi connectivity index (χ4n) is 7.41. The highest BCUT2D eigenvalue weighted by Crippen LogP contribution is 2.59. The van der Waals surface area contributed by atoms with Gasteiger partial charge in [-0.3, -0.25) is 14.4 Å². The summed E-state index contributed by atoms with van der Waals surface area (Å²) < 4.78 is 0. The molecule has 1 N–H and O–H groups in total. The highest BCUT2D eigenvalue weighted by molar-refractivity contribution is 7.12. The Morgan fingerprint density at radius 3 is 2.48 bits per heavy atom. The number of fused-ring (bicyclic) bond motifs is 6. The molecule has 3 aromatic carbocycles. The zero-order valence-electron chi connectivity index (χ0n) is 23.9. The number of hydrogen-bond donors (Lipinski definition) is 1. The van der Waals surface area contributed by atoms with Crippen molar-refractivity contribution < 1.29 is 14.4 Å². The molecule has 0 bridgehead atoms. The van der Waals surface area contributed by atoms with E-state index in [1.807, 2.05) is 78.2 Å². The maximum atomic E-state index is 14.9. The molecule has 1 amide bonds. The van der Waals surface area contributed by atoms with E-state index >= 15 is 0 Å². The summed E-state index contributed by atoms with van der Waals surface area (Å²) in [6.45, 7) is 6.23. The molecule has 4 aromatic rings. The first-order chi connectivity index (χ1) is 20.4. The zero-order valence-corrected chi connectivity index (χ0v) is 24.7. The number of anilines is 2. The van der Waals surface area contributed by atoms with Crippen molar-refractivity contribution >= 4 is 45.8 Å². The average molecular weight is 573 g/mol. The molecule has 6 heteroatoms. The summed E-state index contributed by atoms with van der Waals surface area (Å²) in [6, 6.07) is 23.8. The first-order valence-electron chi connectivity index (χ1n) is 14.6. The van der Waals surface area contributed by atoms with E-state index in [2.05, 4.69) is 43.1 Å². The van der Waals surface area contributed by atoms with Crippen molar-refractivity contribution in [3.05, 3.63) is 123 Å². The number of hydrogen-bond acceptors (Lipinski definition) is 5. The minimum atomic E-state index is -1.29. The summed E-state index contributed by atoms with van der Waals surface area (Å²) in [5, 5.41) is 4.99. The molecular formula is C36H32N2O3S. The smallest absolute Gasteiger partial charge is 0.238 e. The SMILES string of the molecule is CCCc1ccc(C(=O)[C@H]2[C@H](C(=O)c3cccs3)N3c4ccc(C)cc4C(C)=C[C@@H]3[C@]23C(=O)Nc2ccccc23)cc1. The molecule has 0 aliphatic carbocycles. The Balaban J connectivity index is 1.52. The van der Waals surface area contributed by atoms with Crippen molar-refractivity contribution in [3.8, 4) is 0 Å². The predicted molar refractivity (Wildman–Crippen MR) is 169 cm³/mol. The molecule has 42 heavy (non-hydrogen) atoms. The maximum absolute atomic E-state index is 14.9. The first-order valence-corrected chi connectivity index (χ1v) is 15.4. The highest BCUT2D eigenvalue weighted by atomic mass is 32.1. The van der Waals surface area contributed by atoms with E-state index in [0.29, 0.717) is 16.1 Å². The number of ketones is 2. The van der Waals surface area contributed by atoms with E-state index < -0.39 is 23.4 Å². The van der Waals surface area contributed by atoms with E-state index in [0.717, 1.165) is 46.4 Å². The number of nitrogens with one attached hydrogen (secondary N) is 1. The van der Waals surface area contributed by atoms with Gasteiger partial charge in [-0.05, 0) is 66.6 Å². The number of carbonyl (C=O) groups excluding carboxylic acids is 3. The van der Waals surface area contributed by atoms with E-state index in [1.165, 1.54) is 11.3 Å². The second-order valence-electron chi connectivity index (χ2n) is 11.7. The second kappa shape index (κ2) is 9.92. The lowest BCUT2D eigenvalue weighted by Gasteiger charge is -2.39. The molecule has 0 saturated carbocycles. The molecule has 210 valence electrons. The third kappa shape index (κ3) is 3.71. The molecule has 3 aliphatic heterocycles. The lowest BCUT2D eigenvalue weighted by molar-refractivity contribution is -0.121. The maximum Gasteiger partial charge on any atom is 0.238 e. The normalized spacial score (nSPS) is 23.7. The van der Waals surface area contributed by atoms with Crippen LogP contribution in [0.3, 0.4) is 0 Å². The molecule has 4 atom stereocenters. The summed E-state index contributed by atoms with van der Waals surface area (Å²) in [5.74, 6) is -1.51. The Kier molecular flexibility index (Phi) is 6.28. The number of rotatable bonds is 6. The van der Waals surface area contributed by atoms with E-state index in [9.17, 15) is 14.4 Å². The van der Waals surface area contributed by atoms with Crippen LogP contribution in [-0.4, -0.2) is 29.6 Å². The highest BCUT2D eigenvalue weighted by Gasteiger charge is 2.70. The van der Waals surface area contributed by atoms with Gasteiger partial charge in [-0.2, -0.15) is 0 Å². The Hall–Kier alpha value is -4.29. The molecule has 0 radical (unpaired) electrons. The van der Waals surface area contributed by atoms with Crippen LogP contribution in [0.5, 0.6) is 0 Å². The van der Waals surface area contributed by atoms with Gasteiger partial charge in [0.05, 0.1) is 16.8 Å². The van der Waals surface area contributed by atoms with Gasteiger partial charge in [0.1, 0.15) is 11.5 Å². The number of Topliss-reactive ketones (excluding diaryl/α,β-unsaturated/α-hetero) is 2. The van der Waals surface area contributed by atoms with E-state index in [-0.39, 0.29) is 17.5 Å². The fourth-order valence-corrected chi connectivity index (χ4v) is 8.11. The van der Waals surface area contributed by atoms with Crippen molar-refractivity contribution in [2.45, 2.75) is 51.1 Å². The van der Waals surface area contributed by atoms with Gasteiger partial charge in [-0.1, -0.05) is 79.6 Å². The Bertz CT molecular complexity index is 1770. The Morgan fingerprint density at radius 1 is 0.952 bits per heavy atom. The van der Waals surface area contributed by atoms with E-state index in [4.69, 9.17) is 0 Å². The molecule has 5 nitrogen and oxygen atoms in total. The van der Waals surface area contributed by atoms with Crippen LogP contribution in [0, 0.1) is 12.8 Å². The molecule has 1 fully saturated rings. The number of thiophene rings is 1. The molecule has 7 rings (SSSR count). The summed E-state index contributed by atoms with van der Waals surface area (Å²) in [7, 11) is 0. The van der Waals surface area contributed by atoms with Crippen LogP contribution in [0.15, 0.2) is 90.3 Å². The molecular weight excluding hydrogens is 540 g/mol. The third-order valence-electron chi connectivity index (χ3n) is 9.22. The predicted octanol–water partition coefficient (Wildman–Crippen LogP) is 7.26. The van der Waals surface area contributed by atoms with Crippen molar-refractivity contribution in [1.82, 2.24) is 0 Å². The molecule has 1 aromatic heterocycles. The second-order valence-corrected chi connectivity index (χ2v) is 12.6. The number of aryl methyl sites for hydroxylation is 2. The molecule has 1 saturated heterocycles. The fraction of sp³-hybridized carbons (Fsp3) is 0.250. The number of allylic oxidation sites excluding steroid dienone is 1. The van der Waals surface area contributed by atoms with Gasteiger partial charge in [0.2, 0.25) is 5.91 Å². The number of carbonyl (C=O) groups is 3. The van der Waals surface area contributed by atoms with Crippen molar-refractivity contribution in [2.75, 3.05) is 10.2 Å². The van der Waals surface area contributed by atoms with Crippen LogP contribution in [0.4, 0.5) is 11.4 Å². The van der Waals surface area contributed by atoms with Gasteiger partial charge >= 0.3 is 0 Å². The molecule has 0 unspecified atom stereocenters. The molecule has 4 heterocycles. The topological polar surface area (TPSA) is 66.5 Å². The summed E-state index contributed by atoms with van der Waals surface area (Å²) >= 11 is 1.37. The van der Waals surface area contributed by atoms with Gasteiger partial charge in [0, 0.05) is 22.5 Å². The minimum absolute atomic E-state index is 0.135. The van der Waals surface area contributed by atoms with Gasteiger partial charge in [-0.15, -0.1) is 11.3 Å². The standard InChI is InChI=1S/C36H32N2O3S/c1-4-8-23-13-15-24(16-14-23)33(39)31-32(34(40)29-11-7-18-42-29)38-28-17-12-21(2)19-25(28)22(3)20-30(38)36(31)26-9-5-6-10-27(26)37-35(36)41/h5-7,9-20,30-32H,4,8H2,1-3H3,(H,37,41)/t30-,31-,32-,36+/m1/s1. The quantitative estimate of drug-likeness (QED) is 0.247. The van der Waals surface area contributed by atoms with Crippen molar-refractivity contribution in [1.29, 1.82) is 0 Å². The first kappa shape index (κ1) is 26.6. The number of para-hydroxylation sites is 1. The van der Waals surface area contributed by atoms with Crippen molar-refractivity contribution in [3.63, 3.8) is 0 Å². The van der Waals surface area contributed by atoms with Crippen LogP contribution < -0.4 is 10.2 Å². The van der Waals surface area contributed by atoms with Gasteiger partial charge < -0.3 is 10.2 Å². The summed E-state index contributed by atoms with van der Waals surface area (Å²) in [5.41, 5.74) is 5.90. The lowest BCUT2D eigenvalue weighted by Crippen LogP contribution is -2.51. The van der Waals surface area contributed by atoms with Crippen LogP contribution >= 0.6 is 11.3 Å². The van der Waals surface area contributed by atoms with Gasteiger partial charge in [-0.25, -0.2) is 0 Å². The lowest BCUT2D eigenvalue weighted by atomic mass is 9.64. The minimum Gasteiger partial charge on any atom is -0.352 e. The Labute approximate surface area is 249 Å². The van der Waals surface area contributed by atoms with Gasteiger partial charge in [0.25, 0.3) is 0 Å². The molecule has 1 spiro atoms. The Morgan fingerprint density at radius 2 is 1.74 bits per heavy atom. The van der Waals surface area contributed by atoms with E-state index in [1.54, 1.807) is 0 Å². The summed E-state index contributed by atoms with van der Waals surface area (Å²) in [6.07, 6.45) is 4.04. The van der Waals surface area contributed by atoms with Crippen LogP contribution in [0.1, 0.15) is 62.6 Å². The summed E-state index contributed by atoms with van der Waals surface area (Å²) in [4.78, 5) is 46.7. The monoisotopic (exact) mass is 572 g/mol. The van der Waals surface area contributed by atoms with Crippen molar-refractivity contribution in [2.24, 2.45) is 5.92 Å². The van der Waals surface area contributed by atoms with Crippen LogP contribution in [0.25, 0.3) is 5.57 Å². The zero-order chi connectivity index (χ0) is 29.2. The molecule has 3 aliphatic rings. The number of benzene rings is 3. The number of nitrogens with zero attached hydrogens (tertiary/aromatic N) is 1. The van der Waals surface area contributed by atoms with Gasteiger partial charge in [0.15, 0.2) is 11.6 Å².